The normalized spacial score (nSPS) is 28.9. The number of halogens is 2. The summed E-state index contributed by atoms with van der Waals surface area (Å²) in [7, 11) is 1.62. The minimum atomic E-state index is 0.319. The molecule has 0 bridgehead atoms. The van der Waals surface area contributed by atoms with Crippen LogP contribution in [-0.4, -0.2) is 13.7 Å². The van der Waals surface area contributed by atoms with Gasteiger partial charge in [-0.15, -0.1) is 0 Å². The van der Waals surface area contributed by atoms with Crippen LogP contribution in [0.1, 0.15) is 44.2 Å². The Morgan fingerprint density at radius 3 is 2.43 bits per heavy atom. The summed E-state index contributed by atoms with van der Waals surface area (Å²) in [6.45, 7) is 3.10. The molecule has 4 heteroatoms. The van der Waals surface area contributed by atoms with Crippen LogP contribution in [0.4, 0.5) is 0 Å². The first-order valence-corrected chi connectivity index (χ1v) is 8.69. The molecule has 1 aromatic rings. The number of benzene rings is 1. The van der Waals surface area contributed by atoms with Gasteiger partial charge in [-0.05, 0) is 48.8 Å². The van der Waals surface area contributed by atoms with Gasteiger partial charge in [-0.1, -0.05) is 43.0 Å². The minimum absolute atomic E-state index is 0.319. The Balaban J connectivity index is 1.89. The molecule has 1 N–H and O–H groups in total. The molecular formula is C17H23Cl2NO. The lowest BCUT2D eigenvalue weighted by Gasteiger charge is -2.21. The van der Waals surface area contributed by atoms with E-state index in [1.807, 2.05) is 12.1 Å². The van der Waals surface area contributed by atoms with Gasteiger partial charge >= 0.3 is 0 Å². The van der Waals surface area contributed by atoms with Crippen LogP contribution in [0.2, 0.25) is 10.0 Å². The third-order valence-corrected chi connectivity index (χ3v) is 5.76. The standard InChI is InChI=1S/C17H23Cl2NO/c1-3-20-17(16-10-6-4-5-7-11(10)16)12-8-14(19)15(21-2)9-13(12)18/h8-11,16-17,20H,3-7H2,1-2H3. The number of nitrogens with one attached hydrogen (secondary N) is 1. The fourth-order valence-electron chi connectivity index (χ4n) is 4.15. The molecule has 3 atom stereocenters. The first-order valence-electron chi connectivity index (χ1n) is 7.93. The predicted molar refractivity (Wildman–Crippen MR) is 88.4 cm³/mol. The van der Waals surface area contributed by atoms with E-state index >= 15 is 0 Å². The zero-order valence-corrected chi connectivity index (χ0v) is 14.2. The highest BCUT2D eigenvalue weighted by Crippen LogP contribution is 2.61. The topological polar surface area (TPSA) is 21.3 Å². The molecule has 21 heavy (non-hydrogen) atoms. The van der Waals surface area contributed by atoms with Crippen LogP contribution < -0.4 is 10.1 Å². The largest absolute Gasteiger partial charge is 0.495 e. The molecule has 0 spiro atoms. The van der Waals surface area contributed by atoms with Crippen molar-refractivity contribution in [3.05, 3.63) is 27.7 Å². The smallest absolute Gasteiger partial charge is 0.138 e. The molecular weight excluding hydrogens is 305 g/mol. The third kappa shape index (κ3) is 2.91. The van der Waals surface area contributed by atoms with Crippen molar-refractivity contribution in [2.45, 2.75) is 38.6 Å². The van der Waals surface area contributed by atoms with Gasteiger partial charge in [0.2, 0.25) is 0 Å². The monoisotopic (exact) mass is 327 g/mol. The predicted octanol–water partition coefficient (Wildman–Crippen LogP) is 5.09. The first-order chi connectivity index (χ1) is 10.2. The summed E-state index contributed by atoms with van der Waals surface area (Å²) in [6.07, 6.45) is 5.51. The summed E-state index contributed by atoms with van der Waals surface area (Å²) >= 11 is 12.8. The number of hydrogen-bond donors (Lipinski definition) is 1. The highest BCUT2D eigenvalue weighted by Gasteiger charge is 2.54. The van der Waals surface area contributed by atoms with E-state index in [9.17, 15) is 0 Å². The molecule has 116 valence electrons. The van der Waals surface area contributed by atoms with E-state index in [1.165, 1.54) is 25.7 Å². The SMILES string of the molecule is CCNC(c1cc(Cl)c(OC)cc1Cl)C1C2CCCCC21. The highest BCUT2D eigenvalue weighted by molar-refractivity contribution is 6.34. The van der Waals surface area contributed by atoms with Gasteiger partial charge < -0.3 is 10.1 Å². The molecule has 1 aromatic carbocycles. The molecule has 2 aliphatic rings. The fourth-order valence-corrected chi connectivity index (χ4v) is 4.67. The first kappa shape index (κ1) is 15.5. The molecule has 2 nitrogen and oxygen atoms in total. The van der Waals surface area contributed by atoms with E-state index in [0.29, 0.717) is 16.8 Å². The third-order valence-electron chi connectivity index (χ3n) is 5.14. The van der Waals surface area contributed by atoms with E-state index in [4.69, 9.17) is 27.9 Å². The van der Waals surface area contributed by atoms with Gasteiger partial charge in [-0.2, -0.15) is 0 Å². The van der Waals surface area contributed by atoms with E-state index in [0.717, 1.165) is 34.9 Å². The van der Waals surface area contributed by atoms with Crippen molar-refractivity contribution >= 4 is 23.2 Å². The number of fused-ring (bicyclic) bond motifs is 1. The molecule has 0 aliphatic heterocycles. The molecule has 0 heterocycles. The van der Waals surface area contributed by atoms with Gasteiger partial charge in [0.25, 0.3) is 0 Å². The summed E-state index contributed by atoms with van der Waals surface area (Å²) < 4.78 is 5.25. The van der Waals surface area contributed by atoms with E-state index in [1.54, 1.807) is 7.11 Å². The summed E-state index contributed by atoms with van der Waals surface area (Å²) in [5, 5.41) is 5.04. The number of methoxy groups -OCH3 is 1. The second-order valence-electron chi connectivity index (χ2n) is 6.23. The van der Waals surface area contributed by atoms with Gasteiger partial charge in [-0.25, -0.2) is 0 Å². The van der Waals surface area contributed by atoms with E-state index in [-0.39, 0.29) is 0 Å². The van der Waals surface area contributed by atoms with Crippen LogP contribution in [-0.2, 0) is 0 Å². The van der Waals surface area contributed by atoms with Crippen molar-refractivity contribution in [1.82, 2.24) is 5.32 Å². The summed E-state index contributed by atoms with van der Waals surface area (Å²) in [6, 6.07) is 4.15. The van der Waals surface area contributed by atoms with Crippen LogP contribution >= 0.6 is 23.2 Å². The highest BCUT2D eigenvalue weighted by atomic mass is 35.5. The molecule has 2 aliphatic carbocycles. The Morgan fingerprint density at radius 2 is 1.86 bits per heavy atom. The maximum Gasteiger partial charge on any atom is 0.138 e. The molecule has 2 fully saturated rings. The fraction of sp³-hybridized carbons (Fsp3) is 0.647. The lowest BCUT2D eigenvalue weighted by atomic mass is 9.99. The summed E-state index contributed by atoms with van der Waals surface area (Å²) in [5.74, 6) is 3.11. The van der Waals surface area contributed by atoms with Gasteiger partial charge in [-0.3, -0.25) is 0 Å². The second-order valence-corrected chi connectivity index (χ2v) is 7.05. The number of rotatable bonds is 5. The zero-order chi connectivity index (χ0) is 15.0. The average molecular weight is 328 g/mol. The van der Waals surface area contributed by atoms with Gasteiger partial charge in [0, 0.05) is 17.1 Å². The van der Waals surface area contributed by atoms with Crippen molar-refractivity contribution in [3.8, 4) is 5.75 Å². The second kappa shape index (κ2) is 6.36. The Labute approximate surface area is 137 Å². The maximum absolute atomic E-state index is 6.50. The lowest BCUT2D eigenvalue weighted by Crippen LogP contribution is -2.24. The van der Waals surface area contributed by atoms with Crippen molar-refractivity contribution in [2.24, 2.45) is 17.8 Å². The summed E-state index contributed by atoms with van der Waals surface area (Å²) in [4.78, 5) is 0. The minimum Gasteiger partial charge on any atom is -0.495 e. The van der Waals surface area contributed by atoms with Crippen LogP contribution in [0.3, 0.4) is 0 Å². The number of hydrogen-bond acceptors (Lipinski definition) is 2. The Bertz CT molecular complexity index is 508. The molecule has 3 rings (SSSR count). The lowest BCUT2D eigenvalue weighted by molar-refractivity contribution is 0.413. The maximum atomic E-state index is 6.50. The molecule has 0 amide bonds. The number of ether oxygens (including phenoxy) is 1. The molecule has 0 radical (unpaired) electrons. The van der Waals surface area contributed by atoms with Crippen molar-refractivity contribution < 1.29 is 4.74 Å². The summed E-state index contributed by atoms with van der Waals surface area (Å²) in [5.41, 5.74) is 1.13. The molecule has 3 unspecified atom stereocenters. The van der Waals surface area contributed by atoms with Crippen LogP contribution in [0, 0.1) is 17.8 Å². The Morgan fingerprint density at radius 1 is 1.19 bits per heavy atom. The molecule has 2 saturated carbocycles. The van der Waals surface area contributed by atoms with E-state index < -0.39 is 0 Å². The Hall–Kier alpha value is -0.440. The van der Waals surface area contributed by atoms with E-state index in [2.05, 4.69) is 12.2 Å². The Kier molecular flexibility index (Phi) is 4.68. The van der Waals surface area contributed by atoms with Gasteiger partial charge in [0.05, 0.1) is 12.1 Å². The van der Waals surface area contributed by atoms with Crippen LogP contribution in [0.15, 0.2) is 12.1 Å². The quantitative estimate of drug-likeness (QED) is 0.813. The van der Waals surface area contributed by atoms with Crippen molar-refractivity contribution in [1.29, 1.82) is 0 Å². The van der Waals surface area contributed by atoms with Gasteiger partial charge in [0.1, 0.15) is 5.75 Å². The van der Waals surface area contributed by atoms with Crippen LogP contribution in [0.25, 0.3) is 0 Å². The van der Waals surface area contributed by atoms with Gasteiger partial charge in [0.15, 0.2) is 0 Å². The van der Waals surface area contributed by atoms with Crippen molar-refractivity contribution in [2.75, 3.05) is 13.7 Å². The zero-order valence-electron chi connectivity index (χ0n) is 12.7. The van der Waals surface area contributed by atoms with Crippen LogP contribution in [0.5, 0.6) is 5.75 Å². The average Bonchev–Trinajstić information content (AvgIpc) is 3.21. The molecule has 0 saturated heterocycles. The van der Waals surface area contributed by atoms with Crippen molar-refractivity contribution in [3.63, 3.8) is 0 Å². The molecule has 0 aromatic heterocycles.